The van der Waals surface area contributed by atoms with Gasteiger partial charge >= 0.3 is 0 Å². The van der Waals surface area contributed by atoms with Crippen molar-refractivity contribution >= 4 is 5.91 Å². The average molecular weight is 385 g/mol. The fourth-order valence-electron chi connectivity index (χ4n) is 3.28. The summed E-state index contributed by atoms with van der Waals surface area (Å²) in [5.41, 5.74) is 4.57. The zero-order valence-electron chi connectivity index (χ0n) is 16.5. The van der Waals surface area contributed by atoms with Gasteiger partial charge in [-0.15, -0.1) is 0 Å². The standard InChI is InChI=1S/C23H23N5O/c1-3-20(22-24-15-21(26-22)17-7-5-4-6-8-17)27-23(29)18-9-11-19(12-10-18)28-16(2)13-14-25-28/h4-15,20H,3H2,1-2H3,(H,24,26)(H,27,29). The molecule has 1 unspecified atom stereocenters. The van der Waals surface area contributed by atoms with E-state index in [-0.39, 0.29) is 11.9 Å². The first-order valence-corrected chi connectivity index (χ1v) is 9.68. The van der Waals surface area contributed by atoms with Gasteiger partial charge in [0.25, 0.3) is 5.91 Å². The Morgan fingerprint density at radius 2 is 1.86 bits per heavy atom. The van der Waals surface area contributed by atoms with Crippen LogP contribution in [0, 0.1) is 6.92 Å². The van der Waals surface area contributed by atoms with Crippen molar-refractivity contribution < 1.29 is 4.79 Å². The van der Waals surface area contributed by atoms with Crippen molar-refractivity contribution in [1.29, 1.82) is 0 Å². The molecule has 0 saturated carbocycles. The molecule has 146 valence electrons. The van der Waals surface area contributed by atoms with Crippen molar-refractivity contribution in [3.63, 3.8) is 0 Å². The van der Waals surface area contributed by atoms with Crippen LogP contribution in [-0.2, 0) is 0 Å². The number of aryl methyl sites for hydroxylation is 1. The summed E-state index contributed by atoms with van der Waals surface area (Å²) in [5, 5.41) is 7.37. The lowest BCUT2D eigenvalue weighted by atomic mass is 10.1. The molecule has 0 aliphatic rings. The zero-order chi connectivity index (χ0) is 20.2. The lowest BCUT2D eigenvalue weighted by Gasteiger charge is -2.15. The summed E-state index contributed by atoms with van der Waals surface area (Å²) < 4.78 is 1.84. The molecule has 0 bridgehead atoms. The minimum absolute atomic E-state index is 0.127. The number of amides is 1. The van der Waals surface area contributed by atoms with E-state index in [4.69, 9.17) is 0 Å². The predicted molar refractivity (Wildman–Crippen MR) is 113 cm³/mol. The Kier molecular flexibility index (Phi) is 5.24. The second kappa shape index (κ2) is 8.14. The van der Waals surface area contributed by atoms with Crippen LogP contribution in [0.5, 0.6) is 0 Å². The van der Waals surface area contributed by atoms with Crippen LogP contribution in [0.1, 0.15) is 41.3 Å². The van der Waals surface area contributed by atoms with Gasteiger partial charge in [-0.3, -0.25) is 4.79 Å². The first-order chi connectivity index (χ1) is 14.2. The van der Waals surface area contributed by atoms with Crippen molar-refractivity contribution in [1.82, 2.24) is 25.1 Å². The lowest BCUT2D eigenvalue weighted by molar-refractivity contribution is 0.0934. The Morgan fingerprint density at radius 1 is 1.10 bits per heavy atom. The fourth-order valence-corrected chi connectivity index (χ4v) is 3.28. The highest BCUT2D eigenvalue weighted by molar-refractivity contribution is 5.94. The highest BCUT2D eigenvalue weighted by Gasteiger charge is 2.17. The van der Waals surface area contributed by atoms with Gasteiger partial charge in [-0.2, -0.15) is 5.10 Å². The largest absolute Gasteiger partial charge is 0.342 e. The van der Waals surface area contributed by atoms with Gasteiger partial charge in [0, 0.05) is 17.5 Å². The molecule has 6 nitrogen and oxygen atoms in total. The van der Waals surface area contributed by atoms with E-state index >= 15 is 0 Å². The topological polar surface area (TPSA) is 75.6 Å². The van der Waals surface area contributed by atoms with Gasteiger partial charge in [0.2, 0.25) is 0 Å². The molecule has 2 N–H and O–H groups in total. The maximum Gasteiger partial charge on any atom is 0.251 e. The molecule has 0 spiro atoms. The zero-order valence-corrected chi connectivity index (χ0v) is 16.5. The Labute approximate surface area is 169 Å². The average Bonchev–Trinajstić information content (AvgIpc) is 3.42. The molecule has 2 aromatic carbocycles. The van der Waals surface area contributed by atoms with Gasteiger partial charge in [-0.05, 0) is 49.2 Å². The van der Waals surface area contributed by atoms with Crippen LogP contribution in [0.15, 0.2) is 73.1 Å². The van der Waals surface area contributed by atoms with Crippen LogP contribution < -0.4 is 5.32 Å². The fraction of sp³-hybridized carbons (Fsp3) is 0.174. The highest BCUT2D eigenvalue weighted by Crippen LogP contribution is 2.21. The smallest absolute Gasteiger partial charge is 0.251 e. The molecule has 0 radical (unpaired) electrons. The number of nitrogens with one attached hydrogen (secondary N) is 2. The van der Waals surface area contributed by atoms with E-state index < -0.39 is 0 Å². The molecule has 4 rings (SSSR count). The molecule has 2 aromatic heterocycles. The first kappa shape index (κ1) is 18.7. The molecule has 6 heteroatoms. The van der Waals surface area contributed by atoms with Crippen LogP contribution in [0.2, 0.25) is 0 Å². The first-order valence-electron chi connectivity index (χ1n) is 9.68. The molecule has 29 heavy (non-hydrogen) atoms. The number of nitrogens with zero attached hydrogens (tertiary/aromatic N) is 3. The molecule has 1 atom stereocenters. The molecule has 0 aliphatic carbocycles. The number of rotatable bonds is 6. The van der Waals surface area contributed by atoms with Crippen molar-refractivity contribution in [2.75, 3.05) is 0 Å². The van der Waals surface area contributed by atoms with Crippen molar-refractivity contribution in [3.05, 3.63) is 90.1 Å². The highest BCUT2D eigenvalue weighted by atomic mass is 16.1. The maximum absolute atomic E-state index is 12.8. The van der Waals surface area contributed by atoms with Crippen LogP contribution in [0.4, 0.5) is 0 Å². The Morgan fingerprint density at radius 3 is 2.52 bits per heavy atom. The Bertz CT molecular complexity index is 1100. The van der Waals surface area contributed by atoms with E-state index in [2.05, 4.69) is 20.4 Å². The molecular weight excluding hydrogens is 362 g/mol. The van der Waals surface area contributed by atoms with Crippen molar-refractivity contribution in [2.45, 2.75) is 26.3 Å². The van der Waals surface area contributed by atoms with E-state index in [9.17, 15) is 4.79 Å². The summed E-state index contributed by atoms with van der Waals surface area (Å²) in [6.07, 6.45) is 4.30. The maximum atomic E-state index is 12.8. The van der Waals surface area contributed by atoms with Crippen LogP contribution >= 0.6 is 0 Å². The Hall–Kier alpha value is -3.67. The molecule has 0 saturated heterocycles. The van der Waals surface area contributed by atoms with Gasteiger partial charge in [0.1, 0.15) is 5.82 Å². The third-order valence-corrected chi connectivity index (χ3v) is 4.93. The molecule has 1 amide bonds. The second-order valence-electron chi connectivity index (χ2n) is 6.91. The summed E-state index contributed by atoms with van der Waals surface area (Å²) in [4.78, 5) is 20.6. The number of imidazole rings is 1. The summed E-state index contributed by atoms with van der Waals surface area (Å²) in [6.45, 7) is 4.02. The predicted octanol–water partition coefficient (Wildman–Crippen LogP) is 4.45. The number of benzene rings is 2. The van der Waals surface area contributed by atoms with Gasteiger partial charge in [-0.25, -0.2) is 9.67 Å². The van der Waals surface area contributed by atoms with Gasteiger partial charge < -0.3 is 10.3 Å². The molecular formula is C23H23N5O. The Balaban J connectivity index is 1.48. The minimum atomic E-state index is -0.187. The van der Waals surface area contributed by atoms with E-state index in [0.717, 1.165) is 34.9 Å². The number of aromatic nitrogens is 4. The molecule has 0 fully saturated rings. The lowest BCUT2D eigenvalue weighted by Crippen LogP contribution is -2.28. The number of aromatic amines is 1. The summed E-state index contributed by atoms with van der Waals surface area (Å²) in [6, 6.07) is 19.2. The number of carbonyl (C=O) groups excluding carboxylic acids is 1. The van der Waals surface area contributed by atoms with Crippen LogP contribution in [0.25, 0.3) is 16.9 Å². The van der Waals surface area contributed by atoms with Crippen LogP contribution in [-0.4, -0.2) is 25.7 Å². The minimum Gasteiger partial charge on any atom is -0.342 e. The monoisotopic (exact) mass is 385 g/mol. The van der Waals surface area contributed by atoms with Gasteiger partial charge in [-0.1, -0.05) is 37.3 Å². The van der Waals surface area contributed by atoms with E-state index in [1.165, 1.54) is 0 Å². The van der Waals surface area contributed by atoms with E-state index in [0.29, 0.717) is 5.56 Å². The SMILES string of the molecule is CCC(NC(=O)c1ccc(-n2nccc2C)cc1)c1ncc(-c2ccccc2)[nH]1. The van der Waals surface area contributed by atoms with Crippen molar-refractivity contribution in [3.8, 4) is 16.9 Å². The van der Waals surface area contributed by atoms with Gasteiger partial charge in [0.15, 0.2) is 0 Å². The number of hydrogen-bond acceptors (Lipinski definition) is 3. The number of carbonyl (C=O) groups is 1. The van der Waals surface area contributed by atoms with E-state index in [1.807, 2.05) is 79.2 Å². The van der Waals surface area contributed by atoms with E-state index in [1.54, 1.807) is 12.4 Å². The molecule has 0 aliphatic heterocycles. The molecule has 2 heterocycles. The molecule has 4 aromatic rings. The number of H-pyrrole nitrogens is 1. The third-order valence-electron chi connectivity index (χ3n) is 4.93. The van der Waals surface area contributed by atoms with Crippen molar-refractivity contribution in [2.24, 2.45) is 0 Å². The van der Waals surface area contributed by atoms with Crippen LogP contribution in [0.3, 0.4) is 0 Å². The third kappa shape index (κ3) is 3.96. The quantitative estimate of drug-likeness (QED) is 0.515. The summed E-state index contributed by atoms with van der Waals surface area (Å²) in [5.74, 6) is 0.627. The summed E-state index contributed by atoms with van der Waals surface area (Å²) >= 11 is 0. The van der Waals surface area contributed by atoms with Gasteiger partial charge in [0.05, 0.1) is 23.6 Å². The normalized spacial score (nSPS) is 11.9. The summed E-state index contributed by atoms with van der Waals surface area (Å²) in [7, 11) is 0. The number of hydrogen-bond donors (Lipinski definition) is 2. The second-order valence-corrected chi connectivity index (χ2v) is 6.91.